The lowest BCUT2D eigenvalue weighted by Crippen LogP contribution is -2.43. The Kier molecular flexibility index (Phi) is 4.41. The van der Waals surface area contributed by atoms with Crippen LogP contribution < -0.4 is 5.73 Å². The van der Waals surface area contributed by atoms with Crippen LogP contribution in [0.1, 0.15) is 32.1 Å². The van der Waals surface area contributed by atoms with Crippen molar-refractivity contribution in [2.24, 2.45) is 11.7 Å². The highest BCUT2D eigenvalue weighted by Gasteiger charge is 2.34. The monoisotopic (exact) mass is 261 g/mol. The minimum Gasteiger partial charge on any atom is -0.330 e. The molecule has 0 bridgehead atoms. The highest BCUT2D eigenvalue weighted by atomic mass is 32.2. The Morgan fingerprint density at radius 3 is 2.18 bits per heavy atom. The molecule has 2 N–H and O–H groups in total. The second-order valence-corrected chi connectivity index (χ2v) is 7.00. The van der Waals surface area contributed by atoms with Crippen molar-refractivity contribution in [3.8, 4) is 0 Å². The molecule has 2 fully saturated rings. The van der Waals surface area contributed by atoms with Crippen molar-refractivity contribution in [3.63, 3.8) is 0 Å². The van der Waals surface area contributed by atoms with Crippen LogP contribution in [0.15, 0.2) is 0 Å². The molecule has 0 radical (unpaired) electrons. The summed E-state index contributed by atoms with van der Waals surface area (Å²) < 4.78 is 28.1. The Labute approximate surface area is 104 Å². The van der Waals surface area contributed by atoms with Gasteiger partial charge in [-0.05, 0) is 31.7 Å². The average Bonchev–Trinajstić information content (AvgIpc) is 2.64. The molecule has 5 nitrogen and oxygen atoms in total. The third-order valence-electron chi connectivity index (χ3n) is 3.80. The van der Waals surface area contributed by atoms with Crippen LogP contribution in [0.5, 0.6) is 0 Å². The number of hydrogen-bond donors (Lipinski definition) is 1. The first-order chi connectivity index (χ1) is 8.14. The Balaban J connectivity index is 2.02. The molecule has 0 aromatic carbocycles. The molecule has 0 spiro atoms. The van der Waals surface area contributed by atoms with Crippen molar-refractivity contribution < 1.29 is 8.42 Å². The SMILES string of the molecule is NCC1CCN(S(=O)(=O)N2CCCCCC2)C1. The smallest absolute Gasteiger partial charge is 0.281 e. The molecule has 0 aromatic heterocycles. The van der Waals surface area contributed by atoms with Gasteiger partial charge in [0.2, 0.25) is 0 Å². The number of nitrogens with zero attached hydrogens (tertiary/aromatic N) is 2. The molecular formula is C11H23N3O2S. The maximum Gasteiger partial charge on any atom is 0.281 e. The van der Waals surface area contributed by atoms with Crippen molar-refractivity contribution >= 4 is 10.2 Å². The number of rotatable bonds is 3. The molecule has 0 aliphatic carbocycles. The van der Waals surface area contributed by atoms with Gasteiger partial charge in [-0.2, -0.15) is 17.0 Å². The van der Waals surface area contributed by atoms with Gasteiger partial charge in [0.1, 0.15) is 0 Å². The van der Waals surface area contributed by atoms with Crippen molar-refractivity contribution in [2.75, 3.05) is 32.7 Å². The normalized spacial score (nSPS) is 29.4. The Morgan fingerprint density at radius 2 is 1.65 bits per heavy atom. The molecule has 100 valence electrons. The van der Waals surface area contributed by atoms with Gasteiger partial charge in [0.25, 0.3) is 10.2 Å². The highest BCUT2D eigenvalue weighted by molar-refractivity contribution is 7.86. The molecule has 1 unspecified atom stereocenters. The summed E-state index contributed by atoms with van der Waals surface area (Å²) in [5.74, 6) is 0.344. The fourth-order valence-corrected chi connectivity index (χ4v) is 4.42. The molecule has 1 atom stereocenters. The Morgan fingerprint density at radius 1 is 1.00 bits per heavy atom. The third-order valence-corrected chi connectivity index (χ3v) is 5.80. The van der Waals surface area contributed by atoms with Crippen LogP contribution in [0.2, 0.25) is 0 Å². The third kappa shape index (κ3) is 2.99. The number of hydrogen-bond acceptors (Lipinski definition) is 3. The molecule has 6 heteroatoms. The van der Waals surface area contributed by atoms with E-state index in [9.17, 15) is 8.42 Å². The van der Waals surface area contributed by atoms with E-state index >= 15 is 0 Å². The molecule has 17 heavy (non-hydrogen) atoms. The van der Waals surface area contributed by atoms with E-state index in [4.69, 9.17) is 5.73 Å². The average molecular weight is 261 g/mol. The summed E-state index contributed by atoms with van der Waals surface area (Å²) >= 11 is 0. The first-order valence-electron chi connectivity index (χ1n) is 6.60. The van der Waals surface area contributed by atoms with Crippen molar-refractivity contribution in [3.05, 3.63) is 0 Å². The zero-order chi connectivity index (χ0) is 12.3. The lowest BCUT2D eigenvalue weighted by molar-refractivity contribution is 0.362. The lowest BCUT2D eigenvalue weighted by Gasteiger charge is -2.26. The zero-order valence-electron chi connectivity index (χ0n) is 10.3. The van der Waals surface area contributed by atoms with E-state index < -0.39 is 10.2 Å². The topological polar surface area (TPSA) is 66.6 Å². The van der Waals surface area contributed by atoms with Gasteiger partial charge in [-0.15, -0.1) is 0 Å². The van der Waals surface area contributed by atoms with Gasteiger partial charge in [0.05, 0.1) is 0 Å². The standard InChI is InChI=1S/C11H23N3O2S/c12-9-11-5-8-14(10-11)17(15,16)13-6-3-1-2-4-7-13/h11H,1-10,12H2. The van der Waals surface area contributed by atoms with E-state index in [1.54, 1.807) is 8.61 Å². The Bertz CT molecular complexity index is 337. The van der Waals surface area contributed by atoms with Crippen LogP contribution in [0.3, 0.4) is 0 Å². The van der Waals surface area contributed by atoms with Crippen molar-refractivity contribution in [2.45, 2.75) is 32.1 Å². The fourth-order valence-electron chi connectivity index (χ4n) is 2.63. The maximum absolute atomic E-state index is 12.4. The van der Waals surface area contributed by atoms with Gasteiger partial charge in [-0.3, -0.25) is 0 Å². The van der Waals surface area contributed by atoms with Gasteiger partial charge in [-0.1, -0.05) is 12.8 Å². The minimum absolute atomic E-state index is 0.344. The molecule has 2 saturated heterocycles. The van der Waals surface area contributed by atoms with Crippen LogP contribution in [0.25, 0.3) is 0 Å². The molecule has 0 saturated carbocycles. The highest BCUT2D eigenvalue weighted by Crippen LogP contribution is 2.22. The summed E-state index contributed by atoms with van der Waals surface area (Å²) in [4.78, 5) is 0. The maximum atomic E-state index is 12.4. The minimum atomic E-state index is -3.22. The predicted octanol–water partition coefficient (Wildman–Crippen LogP) is 0.388. The van der Waals surface area contributed by atoms with Gasteiger partial charge in [0.15, 0.2) is 0 Å². The summed E-state index contributed by atoms with van der Waals surface area (Å²) in [5.41, 5.74) is 5.61. The predicted molar refractivity (Wildman–Crippen MR) is 67.7 cm³/mol. The lowest BCUT2D eigenvalue weighted by atomic mass is 10.1. The van der Waals surface area contributed by atoms with Crippen LogP contribution in [0, 0.1) is 5.92 Å². The summed E-state index contributed by atoms with van der Waals surface area (Å²) in [6.45, 7) is 3.21. The van der Waals surface area contributed by atoms with E-state index in [1.807, 2.05) is 0 Å². The van der Waals surface area contributed by atoms with E-state index in [0.717, 1.165) is 32.1 Å². The second kappa shape index (κ2) is 5.65. The molecule has 2 aliphatic rings. The summed E-state index contributed by atoms with van der Waals surface area (Å²) in [6, 6.07) is 0. The summed E-state index contributed by atoms with van der Waals surface area (Å²) in [7, 11) is -3.22. The molecular weight excluding hydrogens is 238 g/mol. The van der Waals surface area contributed by atoms with Crippen LogP contribution in [-0.4, -0.2) is 49.8 Å². The first-order valence-corrected chi connectivity index (χ1v) is 7.99. The van der Waals surface area contributed by atoms with E-state index in [-0.39, 0.29) is 0 Å². The van der Waals surface area contributed by atoms with Crippen molar-refractivity contribution in [1.82, 2.24) is 8.61 Å². The van der Waals surface area contributed by atoms with Crippen LogP contribution in [-0.2, 0) is 10.2 Å². The van der Waals surface area contributed by atoms with Gasteiger partial charge < -0.3 is 5.73 Å². The second-order valence-electron chi connectivity index (χ2n) is 5.07. The quantitative estimate of drug-likeness (QED) is 0.799. The molecule has 0 amide bonds. The summed E-state index contributed by atoms with van der Waals surface area (Å²) in [5, 5.41) is 0. The van der Waals surface area contributed by atoms with Crippen molar-refractivity contribution in [1.29, 1.82) is 0 Å². The summed E-state index contributed by atoms with van der Waals surface area (Å²) in [6.07, 6.45) is 5.19. The fraction of sp³-hybridized carbons (Fsp3) is 1.00. The van der Waals surface area contributed by atoms with E-state index in [2.05, 4.69) is 0 Å². The molecule has 0 aromatic rings. The molecule has 2 aliphatic heterocycles. The largest absolute Gasteiger partial charge is 0.330 e. The van der Waals surface area contributed by atoms with Gasteiger partial charge >= 0.3 is 0 Å². The van der Waals surface area contributed by atoms with Gasteiger partial charge in [0, 0.05) is 26.2 Å². The van der Waals surface area contributed by atoms with Gasteiger partial charge in [-0.25, -0.2) is 0 Å². The Hall–Kier alpha value is -0.170. The van der Waals surface area contributed by atoms with E-state index in [1.165, 1.54) is 0 Å². The van der Waals surface area contributed by atoms with E-state index in [0.29, 0.717) is 38.6 Å². The van der Waals surface area contributed by atoms with Crippen LogP contribution >= 0.6 is 0 Å². The number of nitrogens with two attached hydrogens (primary N) is 1. The zero-order valence-corrected chi connectivity index (χ0v) is 11.2. The molecule has 2 heterocycles. The van der Waals surface area contributed by atoms with Crippen LogP contribution in [0.4, 0.5) is 0 Å². The first kappa shape index (κ1) is 13.3. The molecule has 2 rings (SSSR count).